The van der Waals surface area contributed by atoms with Crippen molar-refractivity contribution in [1.82, 2.24) is 14.9 Å². The number of rotatable bonds is 4. The third-order valence-corrected chi connectivity index (χ3v) is 6.93. The first-order valence-corrected chi connectivity index (χ1v) is 11.2. The molecule has 1 atom stereocenters. The first-order chi connectivity index (χ1) is 15.7. The molecule has 2 aromatic heterocycles. The number of ether oxygens (including phenoxy) is 1. The summed E-state index contributed by atoms with van der Waals surface area (Å²) in [5, 5.41) is 0.594. The summed E-state index contributed by atoms with van der Waals surface area (Å²) in [7, 11) is 1.61. The van der Waals surface area contributed by atoms with Gasteiger partial charge in [0.05, 0.1) is 24.4 Å². The van der Waals surface area contributed by atoms with Gasteiger partial charge in [0.2, 0.25) is 0 Å². The maximum Gasteiger partial charge on any atom is 0.190 e. The van der Waals surface area contributed by atoms with E-state index in [9.17, 15) is 4.79 Å². The number of likely N-dealkylation sites (tertiary alicyclic amines) is 1. The lowest BCUT2D eigenvalue weighted by atomic mass is 10.0. The minimum absolute atomic E-state index is 0.0346. The largest absolute Gasteiger partial charge is 0.496 e. The standard InChI is InChI=1S/C26H25N3O3/c1-31-25-13-22-19(11-20(25)26-14-27-15-32-26)24(30)12-21(28-22)17-4-6-18-16(10-17)5-7-23(18)29-8-2-3-9-29/h4,6,10-15,23H,2-3,5,7-9H2,1H3,(H,28,30). The molecule has 1 aliphatic heterocycles. The molecule has 6 rings (SSSR count). The average Bonchev–Trinajstić information content (AvgIpc) is 3.59. The second-order valence-corrected chi connectivity index (χ2v) is 8.72. The number of nitrogens with zero attached hydrogens (tertiary/aromatic N) is 2. The number of methoxy groups -OCH3 is 1. The lowest BCUT2D eigenvalue weighted by molar-refractivity contribution is 0.245. The van der Waals surface area contributed by atoms with Gasteiger partial charge in [0.15, 0.2) is 17.6 Å². The second-order valence-electron chi connectivity index (χ2n) is 8.72. The molecule has 1 saturated heterocycles. The molecule has 6 heteroatoms. The zero-order chi connectivity index (χ0) is 21.7. The molecule has 0 spiro atoms. The van der Waals surface area contributed by atoms with Crippen molar-refractivity contribution in [2.45, 2.75) is 31.7 Å². The number of fused-ring (bicyclic) bond motifs is 2. The topological polar surface area (TPSA) is 71.4 Å². The van der Waals surface area contributed by atoms with Crippen molar-refractivity contribution in [2.75, 3.05) is 20.2 Å². The molecule has 162 valence electrons. The van der Waals surface area contributed by atoms with Crippen molar-refractivity contribution >= 4 is 10.9 Å². The highest BCUT2D eigenvalue weighted by Crippen LogP contribution is 2.39. The van der Waals surface area contributed by atoms with Crippen LogP contribution < -0.4 is 10.2 Å². The highest BCUT2D eigenvalue weighted by atomic mass is 16.5. The number of pyridine rings is 1. The van der Waals surface area contributed by atoms with Gasteiger partial charge in [0.25, 0.3) is 0 Å². The van der Waals surface area contributed by atoms with Crippen LogP contribution in [-0.4, -0.2) is 35.1 Å². The Hall–Kier alpha value is -3.38. The average molecular weight is 428 g/mol. The van der Waals surface area contributed by atoms with Crippen molar-refractivity contribution in [3.8, 4) is 28.3 Å². The Morgan fingerprint density at radius 2 is 2.03 bits per heavy atom. The van der Waals surface area contributed by atoms with E-state index in [-0.39, 0.29) is 5.43 Å². The molecule has 6 nitrogen and oxygen atoms in total. The number of oxazole rings is 1. The Balaban J connectivity index is 1.41. The van der Waals surface area contributed by atoms with Gasteiger partial charge in [0.1, 0.15) is 5.75 Å². The van der Waals surface area contributed by atoms with Gasteiger partial charge in [-0.25, -0.2) is 4.98 Å². The van der Waals surface area contributed by atoms with Crippen molar-refractivity contribution in [3.05, 3.63) is 70.3 Å². The summed E-state index contributed by atoms with van der Waals surface area (Å²) in [6, 6.07) is 12.6. The maximum absolute atomic E-state index is 13.0. The van der Waals surface area contributed by atoms with Crippen molar-refractivity contribution in [2.24, 2.45) is 0 Å². The highest BCUT2D eigenvalue weighted by Gasteiger charge is 2.29. The molecule has 1 unspecified atom stereocenters. The summed E-state index contributed by atoms with van der Waals surface area (Å²) >= 11 is 0. The third kappa shape index (κ3) is 3.14. The number of aromatic nitrogens is 2. The number of benzene rings is 2. The summed E-state index contributed by atoms with van der Waals surface area (Å²) in [5.41, 5.74) is 6.14. The van der Waals surface area contributed by atoms with Crippen LogP contribution in [0.1, 0.15) is 36.4 Å². The number of aromatic amines is 1. The van der Waals surface area contributed by atoms with E-state index >= 15 is 0 Å². The summed E-state index contributed by atoms with van der Waals surface area (Å²) in [6.45, 7) is 2.42. The number of H-pyrrole nitrogens is 1. The smallest absolute Gasteiger partial charge is 0.190 e. The van der Waals surface area contributed by atoms with E-state index in [1.807, 2.05) is 6.07 Å². The van der Waals surface area contributed by atoms with Crippen molar-refractivity contribution in [3.63, 3.8) is 0 Å². The SMILES string of the molecule is COc1cc2[nH]c(-c3ccc4c(c3)CCC4N3CCCC3)cc(=O)c2cc1-c1cnco1. The number of aryl methyl sites for hydroxylation is 1. The van der Waals surface area contributed by atoms with E-state index in [1.165, 1.54) is 49.9 Å². The first-order valence-electron chi connectivity index (χ1n) is 11.2. The molecule has 32 heavy (non-hydrogen) atoms. The number of hydrogen-bond acceptors (Lipinski definition) is 5. The summed E-state index contributed by atoms with van der Waals surface area (Å²) in [4.78, 5) is 23.1. The monoisotopic (exact) mass is 427 g/mol. The van der Waals surface area contributed by atoms with Crippen molar-refractivity contribution < 1.29 is 9.15 Å². The minimum atomic E-state index is -0.0346. The Bertz CT molecular complexity index is 1350. The lowest BCUT2D eigenvalue weighted by Crippen LogP contribution is -2.23. The van der Waals surface area contributed by atoms with E-state index in [2.05, 4.69) is 33.1 Å². The minimum Gasteiger partial charge on any atom is -0.496 e. The highest BCUT2D eigenvalue weighted by molar-refractivity contribution is 5.88. The molecule has 1 N–H and O–H groups in total. The van der Waals surface area contributed by atoms with Crippen LogP contribution in [0.15, 0.2) is 58.2 Å². The van der Waals surface area contributed by atoms with Crippen molar-refractivity contribution in [1.29, 1.82) is 0 Å². The van der Waals surface area contributed by atoms with Gasteiger partial charge in [-0.05, 0) is 67.6 Å². The number of nitrogens with one attached hydrogen (secondary N) is 1. The molecule has 2 aromatic carbocycles. The molecule has 0 amide bonds. The molecular formula is C26H25N3O3. The summed E-state index contributed by atoms with van der Waals surface area (Å²) < 4.78 is 11.0. The Morgan fingerprint density at radius 1 is 1.16 bits per heavy atom. The fourth-order valence-corrected chi connectivity index (χ4v) is 5.34. The van der Waals surface area contributed by atoms with Crippen LogP contribution in [0.3, 0.4) is 0 Å². The lowest BCUT2D eigenvalue weighted by Gasteiger charge is -2.24. The second kappa shape index (κ2) is 7.64. The van der Waals surface area contributed by atoms with Crippen LogP contribution in [-0.2, 0) is 6.42 Å². The van der Waals surface area contributed by atoms with E-state index in [4.69, 9.17) is 9.15 Å². The summed E-state index contributed by atoms with van der Waals surface area (Å²) in [6.07, 6.45) is 7.89. The molecule has 1 fully saturated rings. The van der Waals surface area contributed by atoms with Crippen LogP contribution in [0, 0.1) is 0 Å². The Morgan fingerprint density at radius 3 is 2.81 bits per heavy atom. The van der Waals surface area contributed by atoms with Gasteiger partial charge in [-0.2, -0.15) is 0 Å². The molecule has 4 aromatic rings. The number of hydrogen-bond donors (Lipinski definition) is 1. The third-order valence-electron chi connectivity index (χ3n) is 6.93. The quantitative estimate of drug-likeness (QED) is 0.499. The Labute approximate surface area is 185 Å². The molecular weight excluding hydrogens is 402 g/mol. The molecule has 1 aliphatic carbocycles. The fraction of sp³-hybridized carbons (Fsp3) is 0.308. The van der Waals surface area contributed by atoms with E-state index < -0.39 is 0 Å². The van der Waals surface area contributed by atoms with E-state index in [1.54, 1.807) is 25.4 Å². The van der Waals surface area contributed by atoms with E-state index in [0.29, 0.717) is 28.5 Å². The van der Waals surface area contributed by atoms with Gasteiger partial charge >= 0.3 is 0 Å². The molecule has 3 heterocycles. The molecule has 2 aliphatic rings. The predicted molar refractivity (Wildman–Crippen MR) is 124 cm³/mol. The molecule has 0 bridgehead atoms. The Kier molecular flexibility index (Phi) is 4.61. The van der Waals surface area contributed by atoms with Gasteiger partial charge in [-0.1, -0.05) is 12.1 Å². The molecule has 0 saturated carbocycles. The van der Waals surface area contributed by atoms with Crippen LogP contribution in [0.2, 0.25) is 0 Å². The van der Waals surface area contributed by atoms with Gasteiger partial charge in [-0.15, -0.1) is 0 Å². The predicted octanol–water partition coefficient (Wildman–Crippen LogP) is 4.94. The van der Waals surface area contributed by atoms with Gasteiger partial charge in [-0.3, -0.25) is 9.69 Å². The first kappa shape index (κ1) is 19.3. The van der Waals surface area contributed by atoms with Gasteiger partial charge < -0.3 is 14.1 Å². The van der Waals surface area contributed by atoms with Crippen LogP contribution in [0.5, 0.6) is 5.75 Å². The fourth-order valence-electron chi connectivity index (χ4n) is 5.34. The normalized spacial score (nSPS) is 18.3. The zero-order valence-electron chi connectivity index (χ0n) is 18.1. The van der Waals surface area contributed by atoms with Crippen LogP contribution in [0.25, 0.3) is 33.5 Å². The summed E-state index contributed by atoms with van der Waals surface area (Å²) in [5.74, 6) is 1.20. The van der Waals surface area contributed by atoms with E-state index in [0.717, 1.165) is 23.2 Å². The molecule has 0 radical (unpaired) electrons. The van der Waals surface area contributed by atoms with Gasteiger partial charge in [0, 0.05) is 29.3 Å². The van der Waals surface area contributed by atoms with Crippen LogP contribution >= 0.6 is 0 Å². The zero-order valence-corrected chi connectivity index (χ0v) is 18.1. The van der Waals surface area contributed by atoms with Crippen LogP contribution in [0.4, 0.5) is 0 Å². The maximum atomic E-state index is 13.0.